The molecule has 0 atom stereocenters. The highest BCUT2D eigenvalue weighted by Gasteiger charge is 2.19. The van der Waals surface area contributed by atoms with Crippen molar-refractivity contribution >= 4 is 29.2 Å². The summed E-state index contributed by atoms with van der Waals surface area (Å²) in [6.07, 6.45) is 0. The van der Waals surface area contributed by atoms with Gasteiger partial charge < -0.3 is 4.74 Å². The van der Waals surface area contributed by atoms with Gasteiger partial charge in [0.15, 0.2) is 0 Å². The number of hydrogen-bond acceptors (Lipinski definition) is 4. The maximum atomic E-state index is 12.5. The molecule has 0 aliphatic rings. The number of carbonyl (C=O) groups excluding carboxylic acids is 1. The van der Waals surface area contributed by atoms with Crippen LogP contribution in [-0.4, -0.2) is 15.7 Å². The summed E-state index contributed by atoms with van der Waals surface area (Å²) < 4.78 is 6.75. The SMILES string of the molecule is Cc1ccc(Cl)c(OC(=O)c2nn(-c3ccc(Cl)cc3)c(C)cc2=O)c1. The van der Waals surface area contributed by atoms with Crippen molar-refractivity contribution < 1.29 is 9.53 Å². The van der Waals surface area contributed by atoms with Crippen LogP contribution >= 0.6 is 23.2 Å². The largest absolute Gasteiger partial charge is 0.420 e. The van der Waals surface area contributed by atoms with Gasteiger partial charge in [0, 0.05) is 16.8 Å². The molecule has 0 bridgehead atoms. The highest BCUT2D eigenvalue weighted by Crippen LogP contribution is 2.25. The second-order valence-corrected chi connectivity index (χ2v) is 6.55. The summed E-state index contributed by atoms with van der Waals surface area (Å²) >= 11 is 11.9. The fraction of sp³-hybridized carbons (Fsp3) is 0.105. The Kier molecular flexibility index (Phi) is 5.11. The number of halogens is 2. The third-order valence-electron chi connectivity index (χ3n) is 3.66. The highest BCUT2D eigenvalue weighted by atomic mass is 35.5. The zero-order valence-electron chi connectivity index (χ0n) is 14.0. The molecule has 1 heterocycles. The van der Waals surface area contributed by atoms with Gasteiger partial charge in [-0.15, -0.1) is 0 Å². The molecule has 0 N–H and O–H groups in total. The molecule has 3 aromatic rings. The van der Waals surface area contributed by atoms with Crippen LogP contribution in [0.1, 0.15) is 21.7 Å². The predicted molar refractivity (Wildman–Crippen MR) is 101 cm³/mol. The zero-order chi connectivity index (χ0) is 18.8. The molecule has 26 heavy (non-hydrogen) atoms. The molecule has 0 aliphatic heterocycles. The second-order valence-electron chi connectivity index (χ2n) is 5.71. The monoisotopic (exact) mass is 388 g/mol. The molecule has 7 heteroatoms. The zero-order valence-corrected chi connectivity index (χ0v) is 15.5. The van der Waals surface area contributed by atoms with Gasteiger partial charge in [0.2, 0.25) is 11.1 Å². The van der Waals surface area contributed by atoms with E-state index in [0.29, 0.717) is 16.4 Å². The highest BCUT2D eigenvalue weighted by molar-refractivity contribution is 6.32. The lowest BCUT2D eigenvalue weighted by atomic mass is 10.2. The fourth-order valence-electron chi connectivity index (χ4n) is 2.37. The van der Waals surface area contributed by atoms with Crippen LogP contribution < -0.4 is 10.2 Å². The number of rotatable bonds is 3. The van der Waals surface area contributed by atoms with Crippen molar-refractivity contribution in [3.8, 4) is 11.4 Å². The number of nitrogens with zero attached hydrogens (tertiary/aromatic N) is 2. The molecule has 0 saturated carbocycles. The van der Waals surface area contributed by atoms with E-state index in [4.69, 9.17) is 27.9 Å². The van der Waals surface area contributed by atoms with E-state index in [0.717, 1.165) is 5.56 Å². The number of ether oxygens (including phenoxy) is 1. The Hall–Kier alpha value is -2.63. The molecule has 132 valence electrons. The lowest BCUT2D eigenvalue weighted by molar-refractivity contribution is 0.0725. The number of esters is 1. The van der Waals surface area contributed by atoms with Gasteiger partial charge in [-0.3, -0.25) is 4.79 Å². The molecule has 0 saturated heterocycles. The van der Waals surface area contributed by atoms with E-state index >= 15 is 0 Å². The standard InChI is InChI=1S/C19H14Cl2N2O3/c1-11-3-8-15(21)17(9-11)26-19(25)18-16(24)10-12(2)23(22-18)14-6-4-13(20)5-7-14/h3-10H,1-2H3. The molecule has 0 fully saturated rings. The van der Waals surface area contributed by atoms with E-state index in [9.17, 15) is 9.59 Å². The minimum atomic E-state index is -0.870. The summed E-state index contributed by atoms with van der Waals surface area (Å²) in [5, 5.41) is 5.01. The smallest absolute Gasteiger partial charge is 0.368 e. The fourth-order valence-corrected chi connectivity index (χ4v) is 2.65. The number of aryl methyl sites for hydroxylation is 2. The molecular weight excluding hydrogens is 375 g/mol. The van der Waals surface area contributed by atoms with Crippen molar-refractivity contribution in [3.05, 3.63) is 85.8 Å². The lowest BCUT2D eigenvalue weighted by Gasteiger charge is -2.11. The predicted octanol–water partition coefficient (Wildman–Crippen LogP) is 4.38. The molecule has 5 nitrogen and oxygen atoms in total. The number of hydrogen-bond donors (Lipinski definition) is 0. The quantitative estimate of drug-likeness (QED) is 0.493. The summed E-state index contributed by atoms with van der Waals surface area (Å²) in [6.45, 7) is 3.56. The summed E-state index contributed by atoms with van der Waals surface area (Å²) in [6, 6.07) is 13.2. The van der Waals surface area contributed by atoms with Crippen molar-refractivity contribution in [2.45, 2.75) is 13.8 Å². The molecule has 0 spiro atoms. The van der Waals surface area contributed by atoms with Crippen LogP contribution in [0.3, 0.4) is 0 Å². The van der Waals surface area contributed by atoms with Gasteiger partial charge >= 0.3 is 5.97 Å². The molecule has 1 aromatic heterocycles. The first kappa shape index (κ1) is 18.2. The Labute approximate surface area is 159 Å². The van der Waals surface area contributed by atoms with Crippen molar-refractivity contribution in [3.63, 3.8) is 0 Å². The number of benzene rings is 2. The van der Waals surface area contributed by atoms with Crippen LogP contribution in [0.4, 0.5) is 0 Å². The van der Waals surface area contributed by atoms with Gasteiger partial charge in [0.25, 0.3) is 0 Å². The third kappa shape index (κ3) is 3.79. The van der Waals surface area contributed by atoms with Crippen LogP contribution in [0.15, 0.2) is 53.3 Å². The van der Waals surface area contributed by atoms with Crippen LogP contribution in [-0.2, 0) is 0 Å². The summed E-state index contributed by atoms with van der Waals surface area (Å²) in [5.74, 6) is -0.693. The van der Waals surface area contributed by atoms with Crippen LogP contribution in [0.25, 0.3) is 5.69 Å². The minimum absolute atomic E-state index is 0.177. The van der Waals surface area contributed by atoms with Gasteiger partial charge in [0.1, 0.15) is 5.75 Å². The van der Waals surface area contributed by atoms with Gasteiger partial charge in [-0.2, -0.15) is 5.10 Å². The Morgan fingerprint density at radius 3 is 2.42 bits per heavy atom. The molecule has 0 unspecified atom stereocenters. The maximum absolute atomic E-state index is 12.5. The molecule has 0 aliphatic carbocycles. The Balaban J connectivity index is 2.00. The Morgan fingerprint density at radius 1 is 1.04 bits per heavy atom. The first-order chi connectivity index (χ1) is 12.3. The molecular formula is C19H14Cl2N2O3. The molecule has 0 radical (unpaired) electrons. The van der Waals surface area contributed by atoms with E-state index in [1.165, 1.54) is 10.7 Å². The molecule has 2 aromatic carbocycles. The van der Waals surface area contributed by atoms with Gasteiger partial charge in [-0.25, -0.2) is 9.48 Å². The van der Waals surface area contributed by atoms with Crippen LogP contribution in [0.2, 0.25) is 10.0 Å². The van der Waals surface area contributed by atoms with Crippen molar-refractivity contribution in [2.75, 3.05) is 0 Å². The van der Waals surface area contributed by atoms with Crippen LogP contribution in [0.5, 0.6) is 5.75 Å². The lowest BCUT2D eigenvalue weighted by Crippen LogP contribution is -2.25. The Morgan fingerprint density at radius 2 is 1.73 bits per heavy atom. The normalized spacial score (nSPS) is 10.6. The third-order valence-corrected chi connectivity index (χ3v) is 4.23. The summed E-state index contributed by atoms with van der Waals surface area (Å²) in [4.78, 5) is 24.7. The van der Waals surface area contributed by atoms with Crippen molar-refractivity contribution in [2.24, 2.45) is 0 Å². The van der Waals surface area contributed by atoms with E-state index in [2.05, 4.69) is 5.10 Å². The molecule has 3 rings (SSSR count). The van der Waals surface area contributed by atoms with Crippen LogP contribution in [0, 0.1) is 13.8 Å². The topological polar surface area (TPSA) is 61.2 Å². The van der Waals surface area contributed by atoms with E-state index in [1.807, 2.05) is 6.92 Å². The second kappa shape index (κ2) is 7.32. The van der Waals surface area contributed by atoms with Gasteiger partial charge in [-0.1, -0.05) is 29.3 Å². The Bertz CT molecular complexity index is 1040. The van der Waals surface area contributed by atoms with E-state index in [-0.39, 0.29) is 16.5 Å². The van der Waals surface area contributed by atoms with E-state index in [1.54, 1.807) is 49.4 Å². The maximum Gasteiger partial charge on any atom is 0.368 e. The number of carbonyl (C=O) groups is 1. The van der Waals surface area contributed by atoms with Crippen molar-refractivity contribution in [1.29, 1.82) is 0 Å². The first-order valence-electron chi connectivity index (χ1n) is 7.70. The van der Waals surface area contributed by atoms with Crippen molar-refractivity contribution in [1.82, 2.24) is 9.78 Å². The van der Waals surface area contributed by atoms with Gasteiger partial charge in [-0.05, 0) is 55.8 Å². The average Bonchev–Trinajstić information content (AvgIpc) is 2.59. The molecule has 0 amide bonds. The first-order valence-corrected chi connectivity index (χ1v) is 8.46. The summed E-state index contributed by atoms with van der Waals surface area (Å²) in [7, 11) is 0. The summed E-state index contributed by atoms with van der Waals surface area (Å²) in [5.41, 5.74) is 1.24. The van der Waals surface area contributed by atoms with Gasteiger partial charge in [0.05, 0.1) is 10.7 Å². The van der Waals surface area contributed by atoms with E-state index < -0.39 is 11.4 Å². The minimum Gasteiger partial charge on any atom is -0.420 e. The number of aromatic nitrogens is 2. The average molecular weight is 389 g/mol.